The fourth-order valence-corrected chi connectivity index (χ4v) is 4.52. The highest BCUT2D eigenvalue weighted by Crippen LogP contribution is 2.43. The lowest BCUT2D eigenvalue weighted by Crippen LogP contribution is -2.31. The van der Waals surface area contributed by atoms with Gasteiger partial charge in [-0.3, -0.25) is 14.5 Å². The fraction of sp³-hybridized carbons (Fsp3) is 0.172. The number of fused-ring (bicyclic) bond motifs is 1. The van der Waals surface area contributed by atoms with Crippen molar-refractivity contribution in [2.24, 2.45) is 0 Å². The van der Waals surface area contributed by atoms with E-state index in [-0.39, 0.29) is 11.3 Å². The average molecular weight is 483 g/mol. The number of aryl methyl sites for hydroxylation is 1. The van der Waals surface area contributed by atoms with Gasteiger partial charge in [-0.2, -0.15) is 0 Å². The summed E-state index contributed by atoms with van der Waals surface area (Å²) in [6.45, 7) is 1.95. The Morgan fingerprint density at radius 1 is 1.03 bits per heavy atom. The summed E-state index contributed by atoms with van der Waals surface area (Å²) in [6, 6.07) is 21.1. The second kappa shape index (κ2) is 8.92. The SMILES string of the molecule is COc1cccc2cc(C(=O)C3=C(O)C(=O)N(c4ccc(C)cc4)C3c3ccc(N(C)C)cc3)oc12. The monoisotopic (exact) mass is 482 g/mol. The summed E-state index contributed by atoms with van der Waals surface area (Å²) < 4.78 is 11.2. The number of carbonyl (C=O) groups is 2. The Morgan fingerprint density at radius 3 is 2.36 bits per heavy atom. The number of ketones is 1. The number of aliphatic hydroxyl groups excluding tert-OH is 1. The van der Waals surface area contributed by atoms with E-state index < -0.39 is 23.5 Å². The van der Waals surface area contributed by atoms with Crippen molar-refractivity contribution in [3.8, 4) is 5.75 Å². The zero-order chi connectivity index (χ0) is 25.6. The van der Waals surface area contributed by atoms with Crippen molar-refractivity contribution in [3.05, 3.63) is 101 Å². The van der Waals surface area contributed by atoms with Crippen LogP contribution >= 0.6 is 0 Å². The number of furan rings is 1. The van der Waals surface area contributed by atoms with Crippen molar-refractivity contribution in [3.63, 3.8) is 0 Å². The maximum atomic E-state index is 13.8. The number of Topliss-reactive ketones (excluding diaryl/α,β-unsaturated/α-hetero) is 1. The van der Waals surface area contributed by atoms with Gasteiger partial charge in [0.15, 0.2) is 22.9 Å². The molecule has 0 saturated carbocycles. The van der Waals surface area contributed by atoms with E-state index in [2.05, 4.69) is 0 Å². The van der Waals surface area contributed by atoms with E-state index >= 15 is 0 Å². The van der Waals surface area contributed by atoms with Gasteiger partial charge in [0.05, 0.1) is 18.7 Å². The molecule has 7 heteroatoms. The molecule has 1 amide bonds. The van der Waals surface area contributed by atoms with Crippen LogP contribution in [0.25, 0.3) is 11.0 Å². The first kappa shape index (κ1) is 23.2. The van der Waals surface area contributed by atoms with Gasteiger partial charge in [-0.05, 0) is 48.9 Å². The second-order valence-electron chi connectivity index (χ2n) is 8.98. The van der Waals surface area contributed by atoms with E-state index in [4.69, 9.17) is 9.15 Å². The predicted molar refractivity (Wildman–Crippen MR) is 139 cm³/mol. The van der Waals surface area contributed by atoms with Gasteiger partial charge < -0.3 is 19.2 Å². The van der Waals surface area contributed by atoms with E-state index in [1.807, 2.05) is 68.4 Å². The van der Waals surface area contributed by atoms with Crippen LogP contribution in [0.15, 0.2) is 88.5 Å². The van der Waals surface area contributed by atoms with Gasteiger partial charge in [0.25, 0.3) is 5.91 Å². The summed E-state index contributed by atoms with van der Waals surface area (Å²) in [5.74, 6) is -1.28. The quantitative estimate of drug-likeness (QED) is 0.360. The van der Waals surface area contributed by atoms with Crippen molar-refractivity contribution in [2.45, 2.75) is 13.0 Å². The number of amides is 1. The summed E-state index contributed by atoms with van der Waals surface area (Å²) >= 11 is 0. The average Bonchev–Trinajstić information content (AvgIpc) is 3.43. The van der Waals surface area contributed by atoms with Crippen LogP contribution in [0.4, 0.5) is 11.4 Å². The van der Waals surface area contributed by atoms with E-state index in [0.717, 1.165) is 11.3 Å². The number of methoxy groups -OCH3 is 1. The Hall–Kier alpha value is -4.52. The zero-order valence-electron chi connectivity index (χ0n) is 20.5. The Bertz CT molecular complexity index is 1500. The molecule has 36 heavy (non-hydrogen) atoms. The van der Waals surface area contributed by atoms with Gasteiger partial charge in [-0.1, -0.05) is 42.0 Å². The lowest BCUT2D eigenvalue weighted by Gasteiger charge is -2.27. The van der Waals surface area contributed by atoms with Gasteiger partial charge in [0, 0.05) is 30.9 Å². The van der Waals surface area contributed by atoms with Crippen LogP contribution in [0.1, 0.15) is 27.7 Å². The molecule has 0 fully saturated rings. The van der Waals surface area contributed by atoms with Crippen molar-refractivity contribution < 1.29 is 23.8 Å². The highest BCUT2D eigenvalue weighted by molar-refractivity contribution is 6.20. The number of para-hydroxylation sites is 1. The van der Waals surface area contributed by atoms with E-state index in [9.17, 15) is 14.7 Å². The fourth-order valence-electron chi connectivity index (χ4n) is 4.52. The van der Waals surface area contributed by atoms with Gasteiger partial charge in [-0.15, -0.1) is 0 Å². The van der Waals surface area contributed by atoms with E-state index in [0.29, 0.717) is 28.0 Å². The number of benzene rings is 3. The molecule has 5 rings (SSSR count). The Morgan fingerprint density at radius 2 is 1.72 bits per heavy atom. The second-order valence-corrected chi connectivity index (χ2v) is 8.98. The molecule has 1 aromatic heterocycles. The number of aliphatic hydroxyl groups is 1. The van der Waals surface area contributed by atoms with Crippen molar-refractivity contribution in [1.29, 1.82) is 0 Å². The third kappa shape index (κ3) is 3.79. The number of hydrogen-bond donors (Lipinski definition) is 1. The molecule has 0 saturated heterocycles. The molecule has 1 unspecified atom stereocenters. The van der Waals surface area contributed by atoms with Gasteiger partial charge in [-0.25, -0.2) is 0 Å². The Labute approximate surface area is 208 Å². The van der Waals surface area contributed by atoms with Crippen LogP contribution in [0.3, 0.4) is 0 Å². The van der Waals surface area contributed by atoms with Crippen LogP contribution in [0.5, 0.6) is 5.75 Å². The highest BCUT2D eigenvalue weighted by Gasteiger charge is 2.45. The zero-order valence-corrected chi connectivity index (χ0v) is 20.5. The van der Waals surface area contributed by atoms with Crippen LogP contribution in [-0.4, -0.2) is 38.0 Å². The van der Waals surface area contributed by atoms with Gasteiger partial charge >= 0.3 is 0 Å². The molecule has 1 aliphatic rings. The van der Waals surface area contributed by atoms with Gasteiger partial charge in [0.2, 0.25) is 5.78 Å². The maximum Gasteiger partial charge on any atom is 0.294 e. The van der Waals surface area contributed by atoms with Crippen LogP contribution in [-0.2, 0) is 4.79 Å². The summed E-state index contributed by atoms with van der Waals surface area (Å²) in [4.78, 5) is 30.6. The van der Waals surface area contributed by atoms with Crippen molar-refractivity contribution >= 4 is 34.0 Å². The molecule has 0 bridgehead atoms. The first-order valence-electron chi connectivity index (χ1n) is 11.5. The molecule has 1 N–H and O–H groups in total. The molecule has 0 aliphatic carbocycles. The third-order valence-electron chi connectivity index (χ3n) is 6.44. The first-order valence-corrected chi connectivity index (χ1v) is 11.5. The Kier molecular flexibility index (Phi) is 5.76. The smallest absolute Gasteiger partial charge is 0.294 e. The summed E-state index contributed by atoms with van der Waals surface area (Å²) in [5.41, 5.74) is 3.66. The van der Waals surface area contributed by atoms with Crippen LogP contribution in [0, 0.1) is 6.92 Å². The summed E-state index contributed by atoms with van der Waals surface area (Å²) in [5, 5.41) is 11.7. The molecule has 7 nitrogen and oxygen atoms in total. The lowest BCUT2D eigenvalue weighted by molar-refractivity contribution is -0.117. The van der Waals surface area contributed by atoms with Crippen molar-refractivity contribution in [2.75, 3.05) is 31.0 Å². The summed E-state index contributed by atoms with van der Waals surface area (Å²) in [7, 11) is 5.39. The number of hydrogen-bond acceptors (Lipinski definition) is 6. The Balaban J connectivity index is 1.65. The topological polar surface area (TPSA) is 83.2 Å². The molecule has 0 radical (unpaired) electrons. The molecule has 3 aromatic carbocycles. The molecule has 0 spiro atoms. The number of carbonyl (C=O) groups excluding carboxylic acids is 2. The largest absolute Gasteiger partial charge is 0.503 e. The third-order valence-corrected chi connectivity index (χ3v) is 6.44. The molecule has 182 valence electrons. The van der Waals surface area contributed by atoms with Crippen molar-refractivity contribution in [1.82, 2.24) is 0 Å². The summed E-state index contributed by atoms with van der Waals surface area (Å²) in [6.07, 6.45) is 0. The minimum atomic E-state index is -0.834. The minimum absolute atomic E-state index is 0.0181. The highest BCUT2D eigenvalue weighted by atomic mass is 16.5. The first-order chi connectivity index (χ1) is 17.3. The van der Waals surface area contributed by atoms with E-state index in [1.165, 1.54) is 12.0 Å². The normalized spacial score (nSPS) is 15.6. The number of ether oxygens (including phenoxy) is 1. The predicted octanol–water partition coefficient (Wildman–Crippen LogP) is 5.60. The van der Waals surface area contributed by atoms with Crippen LogP contribution in [0.2, 0.25) is 0 Å². The molecule has 1 aliphatic heterocycles. The molecular weight excluding hydrogens is 456 g/mol. The number of anilines is 2. The molecule has 1 atom stereocenters. The standard InChI is InChI=1S/C29H26N2O5/c1-17-8-12-21(13-9-17)31-25(18-10-14-20(15-11-18)30(2)3)24(27(33)29(31)34)26(32)23-16-19-6-5-7-22(35-4)28(19)36-23/h5-16,25,33H,1-4H3. The lowest BCUT2D eigenvalue weighted by atomic mass is 9.94. The molecule has 4 aromatic rings. The minimum Gasteiger partial charge on any atom is -0.503 e. The number of nitrogens with zero attached hydrogens (tertiary/aromatic N) is 2. The molecular formula is C29H26N2O5. The van der Waals surface area contributed by atoms with E-state index in [1.54, 1.807) is 30.3 Å². The van der Waals surface area contributed by atoms with Gasteiger partial charge in [0.1, 0.15) is 0 Å². The molecule has 2 heterocycles. The maximum absolute atomic E-state index is 13.8. The number of rotatable bonds is 6. The van der Waals surface area contributed by atoms with Crippen LogP contribution < -0.4 is 14.5 Å².